The average Bonchev–Trinajstić information content (AvgIpc) is 2.62. The number of nitrogens with zero attached hydrogens (tertiary/aromatic N) is 2. The van der Waals surface area contributed by atoms with Crippen molar-refractivity contribution in [2.75, 3.05) is 40.3 Å². The second-order valence-electron chi connectivity index (χ2n) is 7.89. The predicted octanol–water partition coefficient (Wildman–Crippen LogP) is 3.01. The van der Waals surface area contributed by atoms with Gasteiger partial charge in [-0.05, 0) is 63.7 Å². The minimum atomic E-state index is 0.298. The summed E-state index contributed by atoms with van der Waals surface area (Å²) in [5.74, 6) is 1.82. The first-order valence-corrected chi connectivity index (χ1v) is 9.90. The predicted molar refractivity (Wildman–Crippen MR) is 106 cm³/mol. The molecule has 4 heteroatoms. The molecule has 0 spiro atoms. The summed E-state index contributed by atoms with van der Waals surface area (Å²) in [7, 11) is 4.10. The third kappa shape index (κ3) is 4.75. The van der Waals surface area contributed by atoms with Crippen LogP contribution in [0.25, 0.3) is 0 Å². The normalized spacial score (nSPS) is 21.6. The van der Waals surface area contributed by atoms with E-state index >= 15 is 0 Å². The van der Waals surface area contributed by atoms with Crippen LogP contribution in [0.15, 0.2) is 35.3 Å². The quantitative estimate of drug-likeness (QED) is 0.617. The maximum atomic E-state index is 4.42. The van der Waals surface area contributed by atoms with Crippen molar-refractivity contribution in [1.29, 1.82) is 0 Å². The highest BCUT2D eigenvalue weighted by Gasteiger charge is 2.38. The summed E-state index contributed by atoms with van der Waals surface area (Å²) in [6.45, 7) is 4.49. The molecular weight excluding hydrogens is 308 g/mol. The summed E-state index contributed by atoms with van der Waals surface area (Å²) in [4.78, 5) is 6.86. The molecule has 2 fully saturated rings. The van der Waals surface area contributed by atoms with Crippen molar-refractivity contribution in [3.05, 3.63) is 35.9 Å². The monoisotopic (exact) mass is 342 g/mol. The van der Waals surface area contributed by atoms with Gasteiger partial charge < -0.3 is 15.5 Å². The minimum Gasteiger partial charge on any atom is -0.356 e. The zero-order chi connectivity index (χ0) is 17.5. The molecule has 1 heterocycles. The summed E-state index contributed by atoms with van der Waals surface area (Å²) < 4.78 is 0. The molecule has 0 amide bonds. The molecule has 0 aromatic heterocycles. The van der Waals surface area contributed by atoms with E-state index < -0.39 is 0 Å². The molecule has 1 aromatic carbocycles. The number of hydrogen-bond donors (Lipinski definition) is 2. The molecule has 2 aliphatic rings. The highest BCUT2D eigenvalue weighted by atomic mass is 15.2. The molecule has 1 aliphatic heterocycles. The van der Waals surface area contributed by atoms with Gasteiger partial charge in [0.05, 0.1) is 0 Å². The maximum Gasteiger partial charge on any atom is 0.191 e. The molecule has 1 aliphatic carbocycles. The lowest BCUT2D eigenvalue weighted by Crippen LogP contribution is -2.49. The number of guanidine groups is 1. The van der Waals surface area contributed by atoms with E-state index in [4.69, 9.17) is 0 Å². The lowest BCUT2D eigenvalue weighted by Gasteiger charge is -2.43. The Morgan fingerprint density at radius 2 is 1.88 bits per heavy atom. The fraction of sp³-hybridized carbons (Fsp3) is 0.667. The second-order valence-corrected chi connectivity index (χ2v) is 7.89. The van der Waals surface area contributed by atoms with Crippen molar-refractivity contribution in [2.45, 2.75) is 43.9 Å². The molecule has 0 radical (unpaired) electrons. The standard InChI is InChI=1S/C21H34N4/c1-22-20(23-14-9-18-10-15-25(2)16-11-18)24-17-21(12-6-13-21)19-7-4-3-5-8-19/h3-5,7-8,18H,6,9-17H2,1-2H3,(H2,22,23,24). The number of benzene rings is 1. The Morgan fingerprint density at radius 1 is 1.16 bits per heavy atom. The van der Waals surface area contributed by atoms with Crippen LogP contribution in [0, 0.1) is 5.92 Å². The number of hydrogen-bond acceptors (Lipinski definition) is 2. The lowest BCUT2D eigenvalue weighted by atomic mass is 9.64. The molecule has 1 saturated heterocycles. The van der Waals surface area contributed by atoms with Crippen molar-refractivity contribution in [2.24, 2.45) is 10.9 Å². The van der Waals surface area contributed by atoms with Crippen LogP contribution in [0.2, 0.25) is 0 Å². The first-order valence-electron chi connectivity index (χ1n) is 9.90. The van der Waals surface area contributed by atoms with E-state index in [1.807, 2.05) is 7.05 Å². The number of nitrogens with one attached hydrogen (secondary N) is 2. The molecule has 1 saturated carbocycles. The molecular formula is C21H34N4. The van der Waals surface area contributed by atoms with Crippen molar-refractivity contribution >= 4 is 5.96 Å². The first-order chi connectivity index (χ1) is 12.2. The van der Waals surface area contributed by atoms with E-state index in [0.29, 0.717) is 5.41 Å². The summed E-state index contributed by atoms with van der Waals surface area (Å²) in [5.41, 5.74) is 1.77. The number of likely N-dealkylation sites (tertiary alicyclic amines) is 1. The summed E-state index contributed by atoms with van der Waals surface area (Å²) >= 11 is 0. The van der Waals surface area contributed by atoms with Gasteiger partial charge in [-0.1, -0.05) is 36.8 Å². The summed E-state index contributed by atoms with van der Waals surface area (Å²) in [6.07, 6.45) is 7.80. The fourth-order valence-electron chi connectivity index (χ4n) is 4.18. The van der Waals surface area contributed by atoms with Crippen molar-refractivity contribution in [3.8, 4) is 0 Å². The van der Waals surface area contributed by atoms with Gasteiger partial charge in [0.25, 0.3) is 0 Å². The third-order valence-corrected chi connectivity index (χ3v) is 6.20. The topological polar surface area (TPSA) is 39.7 Å². The van der Waals surface area contributed by atoms with E-state index in [1.54, 1.807) is 0 Å². The molecule has 0 bridgehead atoms. The van der Waals surface area contributed by atoms with E-state index in [1.165, 1.54) is 57.2 Å². The van der Waals surface area contributed by atoms with Gasteiger partial charge >= 0.3 is 0 Å². The van der Waals surface area contributed by atoms with E-state index in [-0.39, 0.29) is 0 Å². The fourth-order valence-corrected chi connectivity index (χ4v) is 4.18. The summed E-state index contributed by atoms with van der Waals surface area (Å²) in [5, 5.41) is 7.11. The molecule has 0 unspecified atom stereocenters. The maximum absolute atomic E-state index is 4.42. The van der Waals surface area contributed by atoms with Crippen molar-refractivity contribution in [3.63, 3.8) is 0 Å². The van der Waals surface area contributed by atoms with Gasteiger partial charge in [-0.25, -0.2) is 0 Å². The molecule has 138 valence electrons. The van der Waals surface area contributed by atoms with Crippen LogP contribution in [0.4, 0.5) is 0 Å². The van der Waals surface area contributed by atoms with Crippen LogP contribution in [-0.2, 0) is 5.41 Å². The van der Waals surface area contributed by atoms with Gasteiger partial charge in [0.15, 0.2) is 5.96 Å². The van der Waals surface area contributed by atoms with Crippen LogP contribution in [0.1, 0.15) is 44.1 Å². The van der Waals surface area contributed by atoms with Gasteiger partial charge in [0.1, 0.15) is 0 Å². The van der Waals surface area contributed by atoms with Gasteiger partial charge in [-0.15, -0.1) is 0 Å². The van der Waals surface area contributed by atoms with Crippen LogP contribution in [0.5, 0.6) is 0 Å². The van der Waals surface area contributed by atoms with Gasteiger partial charge in [-0.2, -0.15) is 0 Å². The van der Waals surface area contributed by atoms with Crippen molar-refractivity contribution < 1.29 is 0 Å². The van der Waals surface area contributed by atoms with Gasteiger partial charge in [0, 0.05) is 25.6 Å². The van der Waals surface area contributed by atoms with Crippen LogP contribution < -0.4 is 10.6 Å². The number of rotatable bonds is 6. The SMILES string of the molecule is CN=C(NCCC1CCN(C)CC1)NCC1(c2ccccc2)CCC1. The summed E-state index contributed by atoms with van der Waals surface area (Å²) in [6, 6.07) is 11.0. The molecule has 4 nitrogen and oxygen atoms in total. The molecule has 3 rings (SSSR count). The number of piperidine rings is 1. The zero-order valence-corrected chi connectivity index (χ0v) is 15.9. The van der Waals surface area contributed by atoms with E-state index in [2.05, 4.69) is 57.9 Å². The van der Waals surface area contributed by atoms with E-state index in [9.17, 15) is 0 Å². The Labute approximate surface area is 153 Å². The van der Waals surface area contributed by atoms with E-state index in [0.717, 1.165) is 25.0 Å². The smallest absolute Gasteiger partial charge is 0.191 e. The highest BCUT2D eigenvalue weighted by Crippen LogP contribution is 2.43. The minimum absolute atomic E-state index is 0.298. The second kappa shape index (κ2) is 8.70. The lowest BCUT2D eigenvalue weighted by molar-refractivity contribution is 0.213. The Morgan fingerprint density at radius 3 is 2.48 bits per heavy atom. The molecule has 25 heavy (non-hydrogen) atoms. The Bertz CT molecular complexity index is 542. The highest BCUT2D eigenvalue weighted by molar-refractivity contribution is 5.79. The molecule has 1 aromatic rings. The molecule has 2 N–H and O–H groups in total. The number of aliphatic imine (C=N–C) groups is 1. The molecule has 0 atom stereocenters. The van der Waals surface area contributed by atoms with Gasteiger partial charge in [-0.3, -0.25) is 4.99 Å². The third-order valence-electron chi connectivity index (χ3n) is 6.20. The van der Waals surface area contributed by atoms with Crippen molar-refractivity contribution in [1.82, 2.24) is 15.5 Å². The largest absolute Gasteiger partial charge is 0.356 e. The average molecular weight is 343 g/mol. The van der Waals surface area contributed by atoms with Gasteiger partial charge in [0.2, 0.25) is 0 Å². The Balaban J connectivity index is 1.43. The first kappa shape index (κ1) is 18.2. The zero-order valence-electron chi connectivity index (χ0n) is 15.9. The van der Waals surface area contributed by atoms with Crippen LogP contribution in [-0.4, -0.2) is 51.1 Å². The van der Waals surface area contributed by atoms with Crippen LogP contribution in [0.3, 0.4) is 0 Å². The Kier molecular flexibility index (Phi) is 6.35. The Hall–Kier alpha value is -1.55. The van der Waals surface area contributed by atoms with Crippen LogP contribution >= 0.6 is 0 Å².